The van der Waals surface area contributed by atoms with Crippen molar-refractivity contribution in [1.29, 1.82) is 0 Å². The van der Waals surface area contributed by atoms with E-state index in [1.165, 1.54) is 33.4 Å². The first-order chi connectivity index (χ1) is 25.2. The zero-order valence-corrected chi connectivity index (χ0v) is 28.6. The van der Waals surface area contributed by atoms with Gasteiger partial charge in [0.2, 0.25) is 0 Å². The third-order valence-electron chi connectivity index (χ3n) is 9.67. The first-order valence-electron chi connectivity index (χ1n) is 17.2. The minimum absolute atomic E-state index is 0.0785. The molecule has 0 fully saturated rings. The van der Waals surface area contributed by atoms with E-state index in [2.05, 4.69) is 170 Å². The van der Waals surface area contributed by atoms with Gasteiger partial charge in [0, 0.05) is 20.2 Å². The van der Waals surface area contributed by atoms with Crippen LogP contribution >= 0.6 is 11.3 Å². The highest BCUT2D eigenvalue weighted by molar-refractivity contribution is 7.24. The minimum Gasteiger partial charge on any atom is -0.289 e. The Morgan fingerprint density at radius 1 is 0.255 bits per heavy atom. The zero-order valence-electron chi connectivity index (χ0n) is 27.8. The Hall–Kier alpha value is -6.35. The summed E-state index contributed by atoms with van der Waals surface area (Å²) < 4.78 is 1.98. The number of fused-ring (bicyclic) bond motifs is 2. The average molecular weight is 669 g/mol. The first-order valence-corrected chi connectivity index (χ1v) is 18.0. The summed E-state index contributed by atoms with van der Waals surface area (Å²) in [4.78, 5) is 13.8. The van der Waals surface area contributed by atoms with Crippen LogP contribution in [0.1, 0.15) is 0 Å². The van der Waals surface area contributed by atoms with Crippen LogP contribution in [-0.4, -0.2) is 0 Å². The van der Waals surface area contributed by atoms with Crippen LogP contribution in [0.2, 0.25) is 0 Å². The molecule has 9 rings (SSSR count). The largest absolute Gasteiger partial charge is 0.289 e. The Kier molecular flexibility index (Phi) is 7.92. The van der Waals surface area contributed by atoms with Gasteiger partial charge in [0.15, 0.2) is 5.43 Å². The summed E-state index contributed by atoms with van der Waals surface area (Å²) in [6.07, 6.45) is 0. The van der Waals surface area contributed by atoms with Crippen LogP contribution in [0, 0.1) is 0 Å². The summed E-state index contributed by atoms with van der Waals surface area (Å²) >= 11 is 1.68. The molecule has 0 spiro atoms. The summed E-state index contributed by atoms with van der Waals surface area (Å²) in [5.74, 6) is 0. The molecule has 1 nitrogen and oxygen atoms in total. The maximum atomic E-state index is 13.8. The molecule has 8 aromatic carbocycles. The van der Waals surface area contributed by atoms with Gasteiger partial charge in [-0.2, -0.15) is 0 Å². The Balaban J connectivity index is 1.06. The lowest BCUT2D eigenvalue weighted by atomic mass is 9.96. The van der Waals surface area contributed by atoms with E-state index in [9.17, 15) is 4.79 Å². The fourth-order valence-electron chi connectivity index (χ4n) is 6.99. The predicted molar refractivity (Wildman–Crippen MR) is 218 cm³/mol. The molecule has 0 aliphatic carbocycles. The Morgan fingerprint density at radius 2 is 0.529 bits per heavy atom. The van der Waals surface area contributed by atoms with Crippen molar-refractivity contribution in [3.8, 4) is 66.8 Å². The molecule has 0 amide bonds. The molecule has 0 saturated carbocycles. The molecule has 0 aliphatic rings. The predicted octanol–water partition coefficient (Wildman–Crippen LogP) is 13.4. The normalized spacial score (nSPS) is 11.2. The van der Waals surface area contributed by atoms with E-state index in [0.717, 1.165) is 53.6 Å². The van der Waals surface area contributed by atoms with E-state index >= 15 is 0 Å². The standard InChI is InChI=1S/C49H32OS/c50-49-45-25-23-43(41-21-9-19-39(29-41)37-17-7-15-35(27-37)33-11-3-1-4-12-33)31-47(45)51-48-32-44(24-26-46(48)49)42-22-10-20-40(30-42)38-18-8-16-36(28-38)34-13-5-2-6-14-34/h1-32H. The van der Waals surface area contributed by atoms with E-state index < -0.39 is 0 Å². The van der Waals surface area contributed by atoms with Gasteiger partial charge in [-0.05, 0) is 115 Å². The number of rotatable bonds is 6. The molecule has 0 aliphatic heterocycles. The van der Waals surface area contributed by atoms with Crippen molar-refractivity contribution in [3.63, 3.8) is 0 Å². The lowest BCUT2D eigenvalue weighted by Crippen LogP contribution is -2.01. The molecule has 0 N–H and O–H groups in total. The molecule has 0 saturated heterocycles. The van der Waals surface area contributed by atoms with Gasteiger partial charge in [-0.25, -0.2) is 0 Å². The first kappa shape index (κ1) is 30.7. The van der Waals surface area contributed by atoms with E-state index in [-0.39, 0.29) is 5.43 Å². The van der Waals surface area contributed by atoms with E-state index in [1.54, 1.807) is 11.3 Å². The van der Waals surface area contributed by atoms with Crippen molar-refractivity contribution in [2.75, 3.05) is 0 Å². The van der Waals surface area contributed by atoms with Crippen molar-refractivity contribution >= 4 is 31.5 Å². The molecule has 9 aromatic rings. The van der Waals surface area contributed by atoms with Crippen LogP contribution in [0.25, 0.3) is 86.9 Å². The van der Waals surface area contributed by atoms with Gasteiger partial charge in [0.25, 0.3) is 0 Å². The summed E-state index contributed by atoms with van der Waals surface area (Å²) in [5, 5.41) is 1.52. The van der Waals surface area contributed by atoms with E-state index in [0.29, 0.717) is 0 Å². The Labute approximate surface area is 301 Å². The van der Waals surface area contributed by atoms with Crippen molar-refractivity contribution in [2.24, 2.45) is 0 Å². The molecular weight excluding hydrogens is 637 g/mol. The van der Waals surface area contributed by atoms with Crippen LogP contribution in [0.15, 0.2) is 199 Å². The van der Waals surface area contributed by atoms with Crippen molar-refractivity contribution in [3.05, 3.63) is 204 Å². The maximum Gasteiger partial charge on any atom is 0.195 e. The van der Waals surface area contributed by atoms with Crippen LogP contribution in [0.4, 0.5) is 0 Å². The molecule has 0 unspecified atom stereocenters. The van der Waals surface area contributed by atoms with Gasteiger partial charge in [-0.1, -0.05) is 146 Å². The summed E-state index contributed by atoms with van der Waals surface area (Å²) in [6, 6.07) is 68.2. The van der Waals surface area contributed by atoms with E-state index in [4.69, 9.17) is 0 Å². The van der Waals surface area contributed by atoms with Gasteiger partial charge < -0.3 is 0 Å². The molecule has 0 atom stereocenters. The van der Waals surface area contributed by atoms with Crippen molar-refractivity contribution in [1.82, 2.24) is 0 Å². The maximum absolute atomic E-state index is 13.8. The number of hydrogen-bond acceptors (Lipinski definition) is 2. The smallest absolute Gasteiger partial charge is 0.195 e. The number of hydrogen-bond donors (Lipinski definition) is 0. The molecule has 51 heavy (non-hydrogen) atoms. The van der Waals surface area contributed by atoms with Crippen LogP contribution in [0.3, 0.4) is 0 Å². The molecule has 1 aromatic heterocycles. The summed E-state index contributed by atoms with van der Waals surface area (Å²) in [7, 11) is 0. The van der Waals surface area contributed by atoms with Crippen LogP contribution in [0.5, 0.6) is 0 Å². The highest BCUT2D eigenvalue weighted by Gasteiger charge is 2.11. The second-order valence-corrected chi connectivity index (χ2v) is 14.0. The quantitative estimate of drug-likeness (QED) is 0.161. The highest BCUT2D eigenvalue weighted by Crippen LogP contribution is 2.35. The Bertz CT molecular complexity index is 2570. The summed E-state index contributed by atoms with van der Waals surface area (Å²) in [5.41, 5.74) is 14.0. The SMILES string of the molecule is O=c1c2ccc(-c3cccc(-c4cccc(-c5ccccc5)c4)c3)cc2sc2cc(-c3cccc(-c4cccc(-c5ccccc5)c4)c3)ccc12. The lowest BCUT2D eigenvalue weighted by molar-refractivity contribution is 1.58. The van der Waals surface area contributed by atoms with Gasteiger partial charge in [0.05, 0.1) is 0 Å². The second kappa shape index (κ2) is 13.2. The molecule has 2 heteroatoms. The summed E-state index contributed by atoms with van der Waals surface area (Å²) in [6.45, 7) is 0. The monoisotopic (exact) mass is 668 g/mol. The van der Waals surface area contributed by atoms with Crippen LogP contribution in [-0.2, 0) is 0 Å². The van der Waals surface area contributed by atoms with Gasteiger partial charge >= 0.3 is 0 Å². The highest BCUT2D eigenvalue weighted by atomic mass is 32.1. The second-order valence-electron chi connectivity index (χ2n) is 12.9. The average Bonchev–Trinajstić information content (AvgIpc) is 3.21. The van der Waals surface area contributed by atoms with Gasteiger partial charge in [-0.3, -0.25) is 4.79 Å². The molecule has 240 valence electrons. The molecular formula is C49H32OS. The van der Waals surface area contributed by atoms with Gasteiger partial charge in [0.1, 0.15) is 0 Å². The lowest BCUT2D eigenvalue weighted by Gasteiger charge is -2.10. The zero-order chi connectivity index (χ0) is 34.1. The number of benzene rings is 8. The minimum atomic E-state index is 0.0785. The third-order valence-corrected chi connectivity index (χ3v) is 10.8. The molecule has 1 heterocycles. The third kappa shape index (κ3) is 6.07. The topological polar surface area (TPSA) is 17.1 Å². The molecule has 0 bridgehead atoms. The van der Waals surface area contributed by atoms with Crippen LogP contribution < -0.4 is 5.43 Å². The van der Waals surface area contributed by atoms with Crippen molar-refractivity contribution < 1.29 is 0 Å². The Morgan fingerprint density at radius 3 is 0.863 bits per heavy atom. The fraction of sp³-hybridized carbons (Fsp3) is 0. The fourth-order valence-corrected chi connectivity index (χ4v) is 8.14. The van der Waals surface area contributed by atoms with Crippen molar-refractivity contribution in [2.45, 2.75) is 0 Å². The van der Waals surface area contributed by atoms with E-state index in [1.807, 2.05) is 24.3 Å². The van der Waals surface area contributed by atoms with Gasteiger partial charge in [-0.15, -0.1) is 11.3 Å². The molecule has 0 radical (unpaired) electrons.